The summed E-state index contributed by atoms with van der Waals surface area (Å²) in [6, 6.07) is -0.163. The van der Waals surface area contributed by atoms with Gasteiger partial charge in [-0.3, -0.25) is 0 Å². The van der Waals surface area contributed by atoms with Gasteiger partial charge < -0.3 is 10.3 Å². The summed E-state index contributed by atoms with van der Waals surface area (Å²) in [7, 11) is 0. The van der Waals surface area contributed by atoms with Crippen molar-refractivity contribution < 1.29 is 4.52 Å². The maximum atomic E-state index is 6.11. The zero-order valence-corrected chi connectivity index (χ0v) is 11.1. The van der Waals surface area contributed by atoms with E-state index in [0.29, 0.717) is 5.82 Å². The third-order valence-corrected chi connectivity index (χ3v) is 3.63. The summed E-state index contributed by atoms with van der Waals surface area (Å²) in [5, 5.41) is 4.01. The van der Waals surface area contributed by atoms with Gasteiger partial charge in [-0.05, 0) is 24.2 Å². The van der Waals surface area contributed by atoms with Gasteiger partial charge >= 0.3 is 0 Å². The molecule has 1 aliphatic carbocycles. The molecule has 4 nitrogen and oxygen atoms in total. The minimum Gasteiger partial charge on any atom is -0.339 e. The molecule has 2 rings (SSSR count). The van der Waals surface area contributed by atoms with Gasteiger partial charge in [0, 0.05) is 6.42 Å². The molecule has 1 unspecified atom stereocenters. The van der Waals surface area contributed by atoms with Crippen LogP contribution in [0.15, 0.2) is 4.52 Å². The first kappa shape index (κ1) is 12.6. The van der Waals surface area contributed by atoms with Crippen molar-refractivity contribution in [2.24, 2.45) is 17.1 Å². The lowest BCUT2D eigenvalue weighted by molar-refractivity contribution is 0.298. The van der Waals surface area contributed by atoms with E-state index >= 15 is 0 Å². The lowest BCUT2D eigenvalue weighted by Crippen LogP contribution is -2.27. The van der Waals surface area contributed by atoms with E-state index in [1.54, 1.807) is 0 Å². The van der Waals surface area contributed by atoms with Crippen LogP contribution in [0, 0.1) is 11.3 Å². The van der Waals surface area contributed by atoms with Crippen molar-refractivity contribution in [3.8, 4) is 0 Å². The zero-order chi connectivity index (χ0) is 12.5. The predicted molar refractivity (Wildman–Crippen MR) is 66.3 cm³/mol. The van der Waals surface area contributed by atoms with E-state index in [1.807, 2.05) is 0 Å². The van der Waals surface area contributed by atoms with Crippen LogP contribution < -0.4 is 5.73 Å². The smallest absolute Gasteiger partial charge is 0.226 e. The van der Waals surface area contributed by atoms with Crippen molar-refractivity contribution in [1.29, 1.82) is 0 Å². The van der Waals surface area contributed by atoms with Crippen LogP contribution in [0.4, 0.5) is 0 Å². The Labute approximate surface area is 103 Å². The molecule has 2 N–H and O–H groups in total. The highest BCUT2D eigenvalue weighted by atomic mass is 16.5. The number of nitrogens with zero attached hydrogens (tertiary/aromatic N) is 2. The van der Waals surface area contributed by atoms with Crippen molar-refractivity contribution in [3.05, 3.63) is 11.7 Å². The molecule has 1 aliphatic rings. The first-order valence-electron chi connectivity index (χ1n) is 6.55. The number of aromatic nitrogens is 2. The highest BCUT2D eigenvalue weighted by Gasteiger charge is 2.27. The van der Waals surface area contributed by atoms with Crippen molar-refractivity contribution in [1.82, 2.24) is 10.1 Å². The normalized spacial score (nSPS) is 19.8. The first-order chi connectivity index (χ1) is 7.97. The molecule has 0 bridgehead atoms. The zero-order valence-electron chi connectivity index (χ0n) is 11.1. The fourth-order valence-corrected chi connectivity index (χ4v) is 2.33. The van der Waals surface area contributed by atoms with E-state index in [1.165, 1.54) is 25.7 Å². The third-order valence-electron chi connectivity index (χ3n) is 3.63. The van der Waals surface area contributed by atoms with Crippen LogP contribution >= 0.6 is 0 Å². The van der Waals surface area contributed by atoms with Crippen LogP contribution in [0.5, 0.6) is 0 Å². The highest BCUT2D eigenvalue weighted by Crippen LogP contribution is 2.30. The monoisotopic (exact) mass is 237 g/mol. The maximum absolute atomic E-state index is 6.11. The fraction of sp³-hybridized carbons (Fsp3) is 0.846. The SMILES string of the molecule is CC(C)(C)C(N)c1noc(CC2CCCC2)n1. The molecule has 1 aromatic rings. The van der Waals surface area contributed by atoms with Crippen LogP contribution in [0.25, 0.3) is 0 Å². The molecule has 96 valence electrons. The molecule has 1 atom stereocenters. The van der Waals surface area contributed by atoms with Crippen LogP contribution in [-0.4, -0.2) is 10.1 Å². The summed E-state index contributed by atoms with van der Waals surface area (Å²) in [5.74, 6) is 2.13. The van der Waals surface area contributed by atoms with Crippen molar-refractivity contribution >= 4 is 0 Å². The molecular formula is C13H23N3O. The minimum absolute atomic E-state index is 0.0332. The molecule has 4 heteroatoms. The summed E-state index contributed by atoms with van der Waals surface area (Å²) in [6.45, 7) is 6.26. The summed E-state index contributed by atoms with van der Waals surface area (Å²) >= 11 is 0. The summed E-state index contributed by atoms with van der Waals surface area (Å²) in [4.78, 5) is 4.44. The van der Waals surface area contributed by atoms with E-state index in [0.717, 1.165) is 18.2 Å². The maximum Gasteiger partial charge on any atom is 0.226 e. The third kappa shape index (κ3) is 3.06. The van der Waals surface area contributed by atoms with Gasteiger partial charge in [0.15, 0.2) is 5.82 Å². The Bertz CT molecular complexity index is 361. The molecule has 17 heavy (non-hydrogen) atoms. The Balaban J connectivity index is 2.00. The Hall–Kier alpha value is -0.900. The highest BCUT2D eigenvalue weighted by molar-refractivity contribution is 4.98. The van der Waals surface area contributed by atoms with Crippen LogP contribution in [0.2, 0.25) is 0 Å². The van der Waals surface area contributed by atoms with E-state index in [4.69, 9.17) is 10.3 Å². The number of hydrogen-bond acceptors (Lipinski definition) is 4. The van der Waals surface area contributed by atoms with Gasteiger partial charge in [0.2, 0.25) is 5.89 Å². The molecule has 0 aromatic carbocycles. The van der Waals surface area contributed by atoms with Crippen molar-refractivity contribution in [2.45, 2.75) is 58.9 Å². The minimum atomic E-state index is -0.163. The Morgan fingerprint density at radius 1 is 1.35 bits per heavy atom. The second kappa shape index (κ2) is 4.77. The summed E-state index contributed by atoms with van der Waals surface area (Å²) < 4.78 is 5.30. The van der Waals surface area contributed by atoms with Gasteiger partial charge in [0.25, 0.3) is 0 Å². The standard InChI is InChI=1S/C13H23N3O/c1-13(2,3)11(14)12-15-10(17-16-12)8-9-6-4-5-7-9/h9,11H,4-8,14H2,1-3H3. The molecule has 1 heterocycles. The quantitative estimate of drug-likeness (QED) is 0.878. The predicted octanol–water partition coefficient (Wildman–Crippen LogP) is 2.85. The average molecular weight is 237 g/mol. The van der Waals surface area contributed by atoms with Crippen LogP contribution in [0.3, 0.4) is 0 Å². The molecule has 1 fully saturated rings. The molecule has 0 radical (unpaired) electrons. The molecule has 0 saturated heterocycles. The molecule has 0 spiro atoms. The Kier molecular flexibility index (Phi) is 3.52. The van der Waals surface area contributed by atoms with Gasteiger partial charge in [-0.25, -0.2) is 0 Å². The topological polar surface area (TPSA) is 64.9 Å². The van der Waals surface area contributed by atoms with Crippen molar-refractivity contribution in [2.75, 3.05) is 0 Å². The van der Waals surface area contributed by atoms with Crippen LogP contribution in [0.1, 0.15) is 64.2 Å². The molecular weight excluding hydrogens is 214 g/mol. The number of rotatable bonds is 3. The Morgan fingerprint density at radius 2 is 2.00 bits per heavy atom. The second-order valence-electron chi connectivity index (χ2n) is 6.24. The van der Waals surface area contributed by atoms with E-state index < -0.39 is 0 Å². The van der Waals surface area contributed by atoms with E-state index in [9.17, 15) is 0 Å². The van der Waals surface area contributed by atoms with Crippen LogP contribution in [-0.2, 0) is 6.42 Å². The summed E-state index contributed by atoms with van der Waals surface area (Å²) in [6.07, 6.45) is 6.19. The molecule has 1 saturated carbocycles. The lowest BCUT2D eigenvalue weighted by Gasteiger charge is -2.23. The first-order valence-corrected chi connectivity index (χ1v) is 6.55. The number of nitrogens with two attached hydrogens (primary N) is 1. The van der Waals surface area contributed by atoms with E-state index in [2.05, 4.69) is 30.9 Å². The largest absolute Gasteiger partial charge is 0.339 e. The fourth-order valence-electron chi connectivity index (χ4n) is 2.33. The average Bonchev–Trinajstić information content (AvgIpc) is 2.87. The van der Waals surface area contributed by atoms with Gasteiger partial charge in [0.1, 0.15) is 0 Å². The molecule has 0 amide bonds. The van der Waals surface area contributed by atoms with Gasteiger partial charge in [-0.15, -0.1) is 0 Å². The van der Waals surface area contributed by atoms with Gasteiger partial charge in [-0.2, -0.15) is 4.98 Å². The van der Waals surface area contributed by atoms with Gasteiger partial charge in [0.05, 0.1) is 6.04 Å². The van der Waals surface area contributed by atoms with E-state index in [-0.39, 0.29) is 11.5 Å². The van der Waals surface area contributed by atoms with Gasteiger partial charge in [-0.1, -0.05) is 38.8 Å². The molecule has 0 aliphatic heterocycles. The van der Waals surface area contributed by atoms with Crippen molar-refractivity contribution in [3.63, 3.8) is 0 Å². The Morgan fingerprint density at radius 3 is 2.59 bits per heavy atom. The second-order valence-corrected chi connectivity index (χ2v) is 6.24. The molecule has 1 aromatic heterocycles. The number of hydrogen-bond donors (Lipinski definition) is 1. The summed E-state index contributed by atoms with van der Waals surface area (Å²) in [5.41, 5.74) is 6.08. The lowest BCUT2D eigenvalue weighted by atomic mass is 9.87.